The average Bonchev–Trinajstić information content (AvgIpc) is 3.07. The average molecular weight is 650 g/mol. The van der Waals surface area contributed by atoms with Gasteiger partial charge in [0.25, 0.3) is 0 Å². The third kappa shape index (κ3) is 15.2. The number of carbonyl (C=O) groups excluding carboxylic acids is 4. The molecule has 2 rings (SSSR count). The van der Waals surface area contributed by atoms with Gasteiger partial charge < -0.3 is 45.1 Å². The van der Waals surface area contributed by atoms with Crippen LogP contribution in [0.3, 0.4) is 0 Å². The van der Waals surface area contributed by atoms with Crippen LogP contribution in [0.15, 0.2) is 0 Å². The van der Waals surface area contributed by atoms with Crippen LogP contribution in [0.1, 0.15) is 99.2 Å². The normalized spacial score (nSPS) is 24.8. The summed E-state index contributed by atoms with van der Waals surface area (Å²) < 4.78 is 30.6. The number of unbranched alkanes of at least 4 members (excludes halogenated alkanes) is 3. The topological polar surface area (TPSA) is 184 Å². The van der Waals surface area contributed by atoms with Gasteiger partial charge in [0.2, 0.25) is 19.2 Å². The number of esters is 1. The third-order valence-electron chi connectivity index (χ3n) is 8.43. The Bertz CT molecular complexity index is 922. The Morgan fingerprint density at radius 3 is 2.33 bits per heavy atom. The van der Waals surface area contributed by atoms with Crippen molar-refractivity contribution >= 4 is 23.7 Å². The molecule has 0 unspecified atom stereocenters. The van der Waals surface area contributed by atoms with Crippen LogP contribution >= 0.6 is 0 Å². The first-order chi connectivity index (χ1) is 22.5. The van der Waals surface area contributed by atoms with E-state index < -0.39 is 36.0 Å². The molecule has 0 aliphatic carbocycles. The minimum absolute atomic E-state index is 0.00753. The quantitative estimate of drug-likeness (QED) is 0.108. The fourth-order valence-electron chi connectivity index (χ4n) is 5.26. The molecular weight excluding hydrogens is 586 g/mol. The van der Waals surface area contributed by atoms with E-state index in [9.17, 15) is 29.4 Å². The summed E-state index contributed by atoms with van der Waals surface area (Å²) in [6.07, 6.45) is 3.58. The molecule has 0 radical (unpaired) electrons. The lowest BCUT2D eigenvalue weighted by molar-refractivity contribution is -0.277. The zero-order chi connectivity index (χ0) is 35.2. The molecule has 13 nitrogen and oxygen atoms in total. The maximum atomic E-state index is 12.7. The zero-order valence-electron chi connectivity index (χ0n) is 29.7. The SMILES string of the molecule is [3H]CC1(COC(=O)CCC(=O)NC)CCN(C(=O)CCCCCNC(=O)CCCCO[C@@H]2O[C@H](CC)[C@H](O)[C@H](O)[C@H]2C)CC1.[3H]OC. The maximum absolute atomic E-state index is 12.7. The molecule has 5 atom stereocenters. The van der Waals surface area contributed by atoms with E-state index >= 15 is 0 Å². The largest absolute Gasteiger partial charge is 0.465 e. The lowest BCUT2D eigenvalue weighted by atomic mass is 9.81. The van der Waals surface area contributed by atoms with Gasteiger partial charge in [0, 0.05) is 72.4 Å². The number of aliphatic hydroxyl groups is 3. The van der Waals surface area contributed by atoms with E-state index in [0.29, 0.717) is 71.2 Å². The molecule has 2 saturated heterocycles. The van der Waals surface area contributed by atoms with E-state index in [1.165, 1.54) is 14.2 Å². The summed E-state index contributed by atoms with van der Waals surface area (Å²) in [5.41, 5.74) is -0.459. The van der Waals surface area contributed by atoms with E-state index in [0.717, 1.165) is 19.3 Å². The highest BCUT2D eigenvalue weighted by atomic mass is 16.7. The standard InChI is InChI=1S/C31H55N3O9.CH4O/c1-5-23-29(40)28(39)22(2)30(43-23)41-20-10-8-11-25(36)33-17-9-6-7-12-26(37)34-18-15-31(3,16-19-34)21-42-27(38)14-13-24(35)32-4;1-2/h22-23,28-30,39-40H,5-21H2,1-4H3,(H,32,35)(H,33,36);2H,1H3/t22-,23-,28-,29+,30-;/m1./s1/i3T;2T. The summed E-state index contributed by atoms with van der Waals surface area (Å²) >= 11 is 0. The highest BCUT2D eigenvalue weighted by Gasteiger charge is 2.41. The minimum atomic E-state index is -0.912. The van der Waals surface area contributed by atoms with Crippen molar-refractivity contribution in [2.45, 2.75) is 122 Å². The number of hydrogen-bond donors (Lipinski definition) is 5. The van der Waals surface area contributed by atoms with Crippen LogP contribution in [0, 0.1) is 11.3 Å². The second-order valence-electron chi connectivity index (χ2n) is 12.0. The van der Waals surface area contributed by atoms with Gasteiger partial charge in [0.05, 0.1) is 25.2 Å². The molecular formula is C32H59N3O10. The van der Waals surface area contributed by atoms with E-state index in [2.05, 4.69) is 15.7 Å². The molecule has 45 heavy (non-hydrogen) atoms. The molecule has 2 aliphatic rings. The van der Waals surface area contributed by atoms with Crippen molar-refractivity contribution < 1.29 is 50.1 Å². The molecule has 262 valence electrons. The van der Waals surface area contributed by atoms with Crippen LogP contribution in [0.4, 0.5) is 0 Å². The number of carbonyl (C=O) groups is 4. The molecule has 2 heterocycles. The molecule has 0 saturated carbocycles. The van der Waals surface area contributed by atoms with E-state index in [1.54, 1.807) is 6.92 Å². The second-order valence-corrected chi connectivity index (χ2v) is 12.0. The van der Waals surface area contributed by atoms with E-state index in [-0.39, 0.29) is 50.0 Å². The monoisotopic (exact) mass is 649 g/mol. The molecule has 0 aromatic heterocycles. The van der Waals surface area contributed by atoms with Gasteiger partial charge in [-0.3, -0.25) is 19.2 Å². The number of hydrogen-bond acceptors (Lipinski definition) is 10. The summed E-state index contributed by atoms with van der Waals surface area (Å²) in [7, 11) is 2.80. The fraction of sp³-hybridized carbons (Fsp3) is 0.875. The highest BCUT2D eigenvalue weighted by molar-refractivity contribution is 5.81. The molecule has 0 bridgehead atoms. The second kappa shape index (κ2) is 22.2. The number of aliphatic hydroxyl groups excluding tert-OH is 3. The molecule has 2 fully saturated rings. The molecule has 2 aliphatic heterocycles. The Hall–Kier alpha value is -2.32. The van der Waals surface area contributed by atoms with Crippen molar-refractivity contribution in [2.24, 2.45) is 11.3 Å². The fourth-order valence-corrected chi connectivity index (χ4v) is 5.26. The maximum Gasteiger partial charge on any atom is 0.306 e. The van der Waals surface area contributed by atoms with Gasteiger partial charge >= 0.3 is 5.97 Å². The first-order valence-corrected chi connectivity index (χ1v) is 16.3. The number of rotatable bonds is 18. The van der Waals surface area contributed by atoms with Crippen molar-refractivity contribution in [3.63, 3.8) is 0 Å². The van der Waals surface area contributed by atoms with Gasteiger partial charge in [0.15, 0.2) is 6.29 Å². The molecule has 0 aromatic rings. The summed E-state index contributed by atoms with van der Waals surface area (Å²) in [4.78, 5) is 49.9. The first kappa shape index (κ1) is 37.1. The third-order valence-corrected chi connectivity index (χ3v) is 8.43. The Morgan fingerprint density at radius 1 is 1.00 bits per heavy atom. The van der Waals surface area contributed by atoms with Crippen LogP contribution < -0.4 is 10.6 Å². The zero-order valence-corrected chi connectivity index (χ0v) is 27.7. The Labute approximate surface area is 271 Å². The number of likely N-dealkylation sites (tertiary alicyclic amines) is 1. The summed E-state index contributed by atoms with van der Waals surface area (Å²) in [6, 6.07) is 0. The highest BCUT2D eigenvalue weighted by Crippen LogP contribution is 2.32. The predicted octanol–water partition coefficient (Wildman–Crippen LogP) is 1.65. The number of ether oxygens (including phenoxy) is 3. The lowest BCUT2D eigenvalue weighted by Crippen LogP contribution is -2.54. The van der Waals surface area contributed by atoms with Crippen molar-refractivity contribution in [2.75, 3.05) is 47.0 Å². The van der Waals surface area contributed by atoms with Crippen LogP contribution in [-0.4, -0.2) is 117 Å². The molecule has 13 heteroatoms. The van der Waals surface area contributed by atoms with Crippen molar-refractivity contribution in [1.82, 2.24) is 15.5 Å². The molecule has 3 amide bonds. The predicted molar refractivity (Wildman–Crippen MR) is 168 cm³/mol. The number of piperidine rings is 1. The Balaban J connectivity index is 0.00000354. The molecule has 0 spiro atoms. The smallest absolute Gasteiger partial charge is 0.306 e. The van der Waals surface area contributed by atoms with Crippen LogP contribution in [-0.2, 0) is 33.4 Å². The Kier molecular flexibility index (Phi) is 18.4. The van der Waals surface area contributed by atoms with Crippen molar-refractivity contribution in [1.29, 1.82) is 1.43 Å². The summed E-state index contributed by atoms with van der Waals surface area (Å²) in [6.45, 7) is 5.96. The molecule has 0 aromatic carbocycles. The lowest BCUT2D eigenvalue weighted by Gasteiger charge is -2.41. The van der Waals surface area contributed by atoms with Gasteiger partial charge in [-0.15, -0.1) is 0 Å². The number of nitrogens with zero attached hydrogens (tertiary/aromatic N) is 1. The van der Waals surface area contributed by atoms with Gasteiger partial charge in [0.1, 0.15) is 6.10 Å². The first-order valence-electron chi connectivity index (χ1n) is 17.4. The van der Waals surface area contributed by atoms with Gasteiger partial charge in [-0.25, -0.2) is 0 Å². The van der Waals surface area contributed by atoms with Crippen molar-refractivity contribution in [3.8, 4) is 0 Å². The van der Waals surface area contributed by atoms with Crippen LogP contribution in [0.2, 0.25) is 0 Å². The number of amides is 3. The van der Waals surface area contributed by atoms with Gasteiger partial charge in [-0.05, 0) is 44.9 Å². The van der Waals surface area contributed by atoms with Crippen molar-refractivity contribution in [3.05, 3.63) is 0 Å². The summed E-state index contributed by atoms with van der Waals surface area (Å²) in [5, 5.41) is 29.1. The Morgan fingerprint density at radius 2 is 1.69 bits per heavy atom. The van der Waals surface area contributed by atoms with Gasteiger partial charge in [-0.2, -0.15) is 0 Å². The number of nitrogens with one attached hydrogen (secondary N) is 2. The van der Waals surface area contributed by atoms with Crippen LogP contribution in [0.5, 0.6) is 0 Å². The summed E-state index contributed by atoms with van der Waals surface area (Å²) in [5.74, 6) is -0.940. The molecule has 5 N–H and O–H groups in total. The van der Waals surface area contributed by atoms with Gasteiger partial charge in [-0.1, -0.05) is 27.2 Å². The van der Waals surface area contributed by atoms with E-state index in [1.807, 2.05) is 11.8 Å². The van der Waals surface area contributed by atoms with E-state index in [4.69, 9.17) is 17.0 Å². The van der Waals surface area contributed by atoms with Crippen LogP contribution in [0.25, 0.3) is 0 Å². The minimum Gasteiger partial charge on any atom is -0.465 e.